The van der Waals surface area contributed by atoms with Crippen molar-refractivity contribution in [2.45, 2.75) is 4.90 Å². The molecule has 0 fully saturated rings. The number of rotatable bonds is 4. The Morgan fingerprint density at radius 3 is 2.78 bits per heavy atom. The van der Waals surface area contributed by atoms with E-state index in [0.717, 1.165) is 0 Å². The molecule has 96 valence electrons. The second-order valence-electron chi connectivity index (χ2n) is 3.59. The number of halogens is 1. The summed E-state index contributed by atoms with van der Waals surface area (Å²) in [5.41, 5.74) is 2.73. The van der Waals surface area contributed by atoms with Gasteiger partial charge in [0.2, 0.25) is 0 Å². The Balaban J connectivity index is 2.10. The minimum absolute atomic E-state index is 0.0221. The smallest absolute Gasteiger partial charge is 0.260 e. The van der Waals surface area contributed by atoms with Crippen LogP contribution in [0.5, 0.6) is 0 Å². The van der Waals surface area contributed by atoms with Crippen LogP contribution in [-0.4, -0.2) is 18.2 Å². The molecular formula is C10H11FN4O2S. The molecule has 0 saturated carbocycles. The van der Waals surface area contributed by atoms with Crippen molar-refractivity contribution in [3.8, 4) is 0 Å². The van der Waals surface area contributed by atoms with Gasteiger partial charge in [0.1, 0.15) is 10.7 Å². The maximum atomic E-state index is 12.9. The van der Waals surface area contributed by atoms with Gasteiger partial charge in [0.25, 0.3) is 10.0 Å². The standard InChI is InChI=1S/C10H11FN4O2S/c1-15-7-10(6-12-15)18(16,17)14-13-9-4-2-3-8(11)5-9/h2-7,13-14H,1H3. The molecule has 0 radical (unpaired) electrons. The summed E-state index contributed by atoms with van der Waals surface area (Å²) in [6.07, 6.45) is 2.57. The number of aromatic nitrogens is 2. The van der Waals surface area contributed by atoms with Gasteiger partial charge in [-0.1, -0.05) is 6.07 Å². The van der Waals surface area contributed by atoms with E-state index in [4.69, 9.17) is 0 Å². The van der Waals surface area contributed by atoms with E-state index < -0.39 is 15.8 Å². The minimum atomic E-state index is -3.72. The van der Waals surface area contributed by atoms with Crippen molar-refractivity contribution in [2.24, 2.45) is 7.05 Å². The van der Waals surface area contributed by atoms with Crippen LogP contribution in [0.3, 0.4) is 0 Å². The Bertz CT molecular complexity index is 653. The van der Waals surface area contributed by atoms with Gasteiger partial charge in [-0.15, -0.1) is 4.83 Å². The second-order valence-corrected chi connectivity index (χ2v) is 5.27. The Hall–Kier alpha value is -1.93. The number of anilines is 1. The molecule has 0 aliphatic heterocycles. The number of hydrazine groups is 1. The van der Waals surface area contributed by atoms with Gasteiger partial charge < -0.3 is 5.43 Å². The first-order valence-electron chi connectivity index (χ1n) is 4.99. The summed E-state index contributed by atoms with van der Waals surface area (Å²) in [5.74, 6) is -0.458. The number of nitrogens with one attached hydrogen (secondary N) is 2. The first-order chi connectivity index (χ1) is 8.47. The quantitative estimate of drug-likeness (QED) is 0.808. The summed E-state index contributed by atoms with van der Waals surface area (Å²) in [6.45, 7) is 0. The summed E-state index contributed by atoms with van der Waals surface area (Å²) < 4.78 is 37.8. The van der Waals surface area contributed by atoms with Crippen LogP contribution in [0.1, 0.15) is 0 Å². The van der Waals surface area contributed by atoms with E-state index in [1.807, 2.05) is 0 Å². The lowest BCUT2D eigenvalue weighted by Crippen LogP contribution is -2.29. The lowest BCUT2D eigenvalue weighted by atomic mass is 10.3. The maximum Gasteiger partial charge on any atom is 0.260 e. The molecule has 0 unspecified atom stereocenters. The fourth-order valence-electron chi connectivity index (χ4n) is 1.29. The molecule has 0 bridgehead atoms. The topological polar surface area (TPSA) is 76.0 Å². The summed E-state index contributed by atoms with van der Waals surface area (Å²) in [4.78, 5) is 2.16. The van der Waals surface area contributed by atoms with Crippen molar-refractivity contribution in [1.82, 2.24) is 14.6 Å². The van der Waals surface area contributed by atoms with Crippen LogP contribution in [-0.2, 0) is 17.1 Å². The van der Waals surface area contributed by atoms with E-state index in [1.165, 1.54) is 41.3 Å². The van der Waals surface area contributed by atoms with Gasteiger partial charge in [0, 0.05) is 13.2 Å². The molecule has 0 atom stereocenters. The number of nitrogens with zero attached hydrogens (tertiary/aromatic N) is 2. The lowest BCUT2D eigenvalue weighted by Gasteiger charge is -2.07. The maximum absolute atomic E-state index is 12.9. The van der Waals surface area contributed by atoms with E-state index in [-0.39, 0.29) is 4.90 Å². The molecule has 2 aromatic rings. The molecule has 8 heteroatoms. The molecule has 1 aromatic carbocycles. The average Bonchev–Trinajstić information content (AvgIpc) is 2.74. The predicted molar refractivity (Wildman–Crippen MR) is 63.6 cm³/mol. The lowest BCUT2D eigenvalue weighted by molar-refractivity contribution is 0.587. The first kappa shape index (κ1) is 12.5. The molecule has 0 amide bonds. The van der Waals surface area contributed by atoms with Crippen molar-refractivity contribution >= 4 is 15.7 Å². The van der Waals surface area contributed by atoms with Gasteiger partial charge in [-0.25, -0.2) is 12.8 Å². The number of benzene rings is 1. The highest BCUT2D eigenvalue weighted by molar-refractivity contribution is 7.89. The fraction of sp³-hybridized carbons (Fsp3) is 0.100. The van der Waals surface area contributed by atoms with E-state index >= 15 is 0 Å². The largest absolute Gasteiger partial charge is 0.308 e. The van der Waals surface area contributed by atoms with Gasteiger partial charge in [-0.3, -0.25) is 4.68 Å². The van der Waals surface area contributed by atoms with Crippen molar-refractivity contribution in [3.63, 3.8) is 0 Å². The van der Waals surface area contributed by atoms with Crippen LogP contribution >= 0.6 is 0 Å². The summed E-state index contributed by atoms with van der Waals surface area (Å²) >= 11 is 0. The van der Waals surface area contributed by atoms with Crippen LogP contribution in [0.4, 0.5) is 10.1 Å². The molecular weight excluding hydrogens is 259 g/mol. The zero-order valence-electron chi connectivity index (χ0n) is 9.46. The van der Waals surface area contributed by atoms with E-state index in [0.29, 0.717) is 5.69 Å². The van der Waals surface area contributed by atoms with Crippen LogP contribution in [0.25, 0.3) is 0 Å². The SMILES string of the molecule is Cn1cc(S(=O)(=O)NNc2cccc(F)c2)cn1. The predicted octanol–water partition coefficient (Wildman–Crippen LogP) is 0.865. The van der Waals surface area contributed by atoms with Gasteiger partial charge in [-0.05, 0) is 18.2 Å². The van der Waals surface area contributed by atoms with Gasteiger partial charge in [0.15, 0.2) is 0 Å². The summed E-state index contributed by atoms with van der Waals surface area (Å²) in [6, 6.07) is 5.44. The van der Waals surface area contributed by atoms with Gasteiger partial charge in [-0.2, -0.15) is 5.10 Å². The number of sulfonamides is 1. The first-order valence-corrected chi connectivity index (χ1v) is 6.48. The van der Waals surface area contributed by atoms with E-state index in [2.05, 4.69) is 15.4 Å². The fourth-order valence-corrected chi connectivity index (χ4v) is 2.14. The zero-order chi connectivity index (χ0) is 13.2. The normalized spacial score (nSPS) is 11.4. The third-order valence-electron chi connectivity index (χ3n) is 2.15. The second kappa shape index (κ2) is 4.75. The molecule has 0 spiro atoms. The molecule has 1 heterocycles. The monoisotopic (exact) mass is 270 g/mol. The number of hydrogen-bond donors (Lipinski definition) is 2. The molecule has 0 aliphatic rings. The molecule has 6 nitrogen and oxygen atoms in total. The third-order valence-corrected chi connectivity index (χ3v) is 3.35. The van der Waals surface area contributed by atoms with Crippen LogP contribution < -0.4 is 10.3 Å². The van der Waals surface area contributed by atoms with Crippen molar-refractivity contribution in [3.05, 3.63) is 42.5 Å². The Morgan fingerprint density at radius 1 is 1.39 bits per heavy atom. The van der Waals surface area contributed by atoms with E-state index in [9.17, 15) is 12.8 Å². The Morgan fingerprint density at radius 2 is 2.17 bits per heavy atom. The van der Waals surface area contributed by atoms with Gasteiger partial charge >= 0.3 is 0 Å². The highest BCUT2D eigenvalue weighted by Gasteiger charge is 2.15. The third kappa shape index (κ3) is 2.84. The van der Waals surface area contributed by atoms with Crippen molar-refractivity contribution < 1.29 is 12.8 Å². The Labute approximate surface area is 103 Å². The van der Waals surface area contributed by atoms with Crippen molar-refractivity contribution in [1.29, 1.82) is 0 Å². The Kier molecular flexibility index (Phi) is 3.30. The zero-order valence-corrected chi connectivity index (χ0v) is 10.3. The van der Waals surface area contributed by atoms with Crippen molar-refractivity contribution in [2.75, 3.05) is 5.43 Å². The summed E-state index contributed by atoms with van der Waals surface area (Å²) in [5, 5.41) is 3.76. The van der Waals surface area contributed by atoms with Crippen LogP contribution in [0, 0.1) is 5.82 Å². The number of hydrogen-bond acceptors (Lipinski definition) is 4. The molecule has 18 heavy (non-hydrogen) atoms. The average molecular weight is 270 g/mol. The van der Waals surface area contributed by atoms with Gasteiger partial charge in [0.05, 0.1) is 11.9 Å². The summed E-state index contributed by atoms with van der Waals surface area (Å²) in [7, 11) is -2.11. The highest BCUT2D eigenvalue weighted by atomic mass is 32.2. The molecule has 2 rings (SSSR count). The molecule has 1 aromatic heterocycles. The molecule has 0 saturated heterocycles. The number of aryl methyl sites for hydroxylation is 1. The van der Waals surface area contributed by atoms with E-state index in [1.54, 1.807) is 7.05 Å². The molecule has 0 aliphatic carbocycles. The highest BCUT2D eigenvalue weighted by Crippen LogP contribution is 2.10. The van der Waals surface area contributed by atoms with Crippen LogP contribution in [0.2, 0.25) is 0 Å². The molecule has 2 N–H and O–H groups in total. The minimum Gasteiger partial charge on any atom is -0.308 e. The van der Waals surface area contributed by atoms with Crippen LogP contribution in [0.15, 0.2) is 41.6 Å².